The van der Waals surface area contributed by atoms with Crippen molar-refractivity contribution in [2.24, 2.45) is 5.92 Å². The van der Waals surface area contributed by atoms with Gasteiger partial charge in [0.1, 0.15) is 5.82 Å². The maximum atomic E-state index is 12.1. The second-order valence-electron chi connectivity index (χ2n) is 5.65. The summed E-state index contributed by atoms with van der Waals surface area (Å²) < 4.78 is 0. The second kappa shape index (κ2) is 9.61. The van der Waals surface area contributed by atoms with Gasteiger partial charge in [0.15, 0.2) is 0 Å². The van der Waals surface area contributed by atoms with Crippen LogP contribution in [0.4, 0.5) is 5.82 Å². The van der Waals surface area contributed by atoms with Crippen LogP contribution < -0.4 is 10.6 Å². The Morgan fingerprint density at radius 2 is 2.00 bits per heavy atom. The number of unbranched alkanes of at least 4 members (excludes halogenated alkanes) is 3. The van der Waals surface area contributed by atoms with Crippen LogP contribution in [0.25, 0.3) is 0 Å². The minimum absolute atomic E-state index is 0.138. The second-order valence-corrected chi connectivity index (χ2v) is 6.06. The van der Waals surface area contributed by atoms with Gasteiger partial charge >= 0.3 is 0 Å². The molecule has 0 spiro atoms. The first-order chi connectivity index (χ1) is 10.0. The van der Waals surface area contributed by atoms with Crippen LogP contribution in [0.2, 0.25) is 5.02 Å². The highest BCUT2D eigenvalue weighted by atomic mass is 35.5. The van der Waals surface area contributed by atoms with Crippen LogP contribution in [0.1, 0.15) is 56.3 Å². The zero-order valence-electron chi connectivity index (χ0n) is 13.2. The summed E-state index contributed by atoms with van der Waals surface area (Å²) in [5.74, 6) is 1.28. The number of halogens is 1. The third kappa shape index (κ3) is 6.80. The van der Waals surface area contributed by atoms with E-state index in [0.29, 0.717) is 22.9 Å². The van der Waals surface area contributed by atoms with Gasteiger partial charge in [-0.05, 0) is 18.4 Å². The predicted octanol–water partition coefficient (Wildman–Crippen LogP) is 4.11. The van der Waals surface area contributed by atoms with Crippen LogP contribution in [0, 0.1) is 5.92 Å². The summed E-state index contributed by atoms with van der Waals surface area (Å²) in [5.41, 5.74) is 0.468. The van der Waals surface area contributed by atoms with Gasteiger partial charge in [-0.15, -0.1) is 0 Å². The average Bonchev–Trinajstić information content (AvgIpc) is 2.46. The molecule has 21 heavy (non-hydrogen) atoms. The van der Waals surface area contributed by atoms with Crippen LogP contribution in [0.3, 0.4) is 0 Å². The van der Waals surface area contributed by atoms with Gasteiger partial charge in [-0.25, -0.2) is 4.98 Å². The lowest BCUT2D eigenvalue weighted by Gasteiger charge is -2.08. The van der Waals surface area contributed by atoms with Crippen molar-refractivity contribution < 1.29 is 4.79 Å². The van der Waals surface area contributed by atoms with Crippen molar-refractivity contribution in [2.75, 3.05) is 18.9 Å². The summed E-state index contributed by atoms with van der Waals surface area (Å²) in [6.07, 6.45) is 7.44. The Hall–Kier alpha value is -1.29. The quantitative estimate of drug-likeness (QED) is 0.675. The van der Waals surface area contributed by atoms with Gasteiger partial charge in [0, 0.05) is 19.8 Å². The van der Waals surface area contributed by atoms with E-state index in [1.165, 1.54) is 25.5 Å². The Morgan fingerprint density at radius 3 is 2.67 bits per heavy atom. The lowest BCUT2D eigenvalue weighted by atomic mass is 10.0. The fraction of sp³-hybridized carbons (Fsp3) is 0.625. The highest BCUT2D eigenvalue weighted by Gasteiger charge is 2.11. The maximum Gasteiger partial charge on any atom is 0.252 e. The molecule has 118 valence electrons. The molecule has 1 rings (SSSR count). The van der Waals surface area contributed by atoms with Gasteiger partial charge < -0.3 is 10.6 Å². The summed E-state index contributed by atoms with van der Waals surface area (Å²) >= 11 is 6.01. The molecular formula is C16H26ClN3O. The van der Waals surface area contributed by atoms with E-state index >= 15 is 0 Å². The molecule has 0 aromatic carbocycles. The van der Waals surface area contributed by atoms with Crippen LogP contribution in [-0.2, 0) is 0 Å². The molecule has 2 N–H and O–H groups in total. The molecule has 1 aromatic rings. The Labute approximate surface area is 132 Å². The molecule has 0 aliphatic heterocycles. The van der Waals surface area contributed by atoms with Gasteiger partial charge in [-0.1, -0.05) is 51.1 Å². The number of carbonyl (C=O) groups excluding carboxylic acids is 1. The summed E-state index contributed by atoms with van der Waals surface area (Å²) in [6, 6.07) is 1.67. The number of rotatable bonds is 9. The number of nitrogens with one attached hydrogen (secondary N) is 2. The smallest absolute Gasteiger partial charge is 0.252 e. The molecule has 0 fully saturated rings. The molecule has 4 nitrogen and oxygen atoms in total. The van der Waals surface area contributed by atoms with E-state index in [-0.39, 0.29) is 5.91 Å². The molecular weight excluding hydrogens is 286 g/mol. The number of amides is 1. The molecule has 0 saturated heterocycles. The van der Waals surface area contributed by atoms with Crippen molar-refractivity contribution in [1.82, 2.24) is 10.3 Å². The third-order valence-electron chi connectivity index (χ3n) is 3.35. The molecule has 0 unspecified atom stereocenters. The summed E-state index contributed by atoms with van der Waals surface area (Å²) in [6.45, 7) is 5.18. The van der Waals surface area contributed by atoms with E-state index in [2.05, 4.69) is 29.5 Å². The predicted molar refractivity (Wildman–Crippen MR) is 89.0 cm³/mol. The molecule has 1 heterocycles. The van der Waals surface area contributed by atoms with Gasteiger partial charge in [0.05, 0.1) is 10.6 Å². The number of aromatic nitrogens is 1. The molecule has 1 amide bonds. The summed E-state index contributed by atoms with van der Waals surface area (Å²) in [5, 5.41) is 6.19. The van der Waals surface area contributed by atoms with Crippen LogP contribution in [0.5, 0.6) is 0 Å². The van der Waals surface area contributed by atoms with Crippen LogP contribution in [0.15, 0.2) is 12.3 Å². The Bertz CT molecular complexity index is 449. The highest BCUT2D eigenvalue weighted by molar-refractivity contribution is 6.33. The molecule has 0 aliphatic carbocycles. The number of pyridine rings is 1. The van der Waals surface area contributed by atoms with Gasteiger partial charge in [-0.2, -0.15) is 0 Å². The van der Waals surface area contributed by atoms with Crippen molar-refractivity contribution in [1.29, 1.82) is 0 Å². The Morgan fingerprint density at radius 1 is 1.29 bits per heavy atom. The first-order valence-corrected chi connectivity index (χ1v) is 8.04. The first kappa shape index (κ1) is 17.8. The Balaban J connectivity index is 2.28. The maximum absolute atomic E-state index is 12.1. The SMILES string of the molecule is CNc1cc(C(=O)NCCCCCCC(C)C)c(Cl)cn1. The van der Waals surface area contributed by atoms with Crippen molar-refractivity contribution >= 4 is 23.3 Å². The fourth-order valence-corrected chi connectivity index (χ4v) is 2.27. The van der Waals surface area contributed by atoms with Gasteiger partial charge in [0.25, 0.3) is 5.91 Å². The highest BCUT2D eigenvalue weighted by Crippen LogP contribution is 2.17. The number of anilines is 1. The minimum Gasteiger partial charge on any atom is -0.373 e. The van der Waals surface area contributed by atoms with Crippen LogP contribution >= 0.6 is 11.6 Å². The van der Waals surface area contributed by atoms with E-state index in [1.807, 2.05) is 0 Å². The Kier molecular flexibility index (Phi) is 8.13. The number of hydrogen-bond donors (Lipinski definition) is 2. The molecule has 1 aromatic heterocycles. The van der Waals surface area contributed by atoms with Gasteiger partial charge in [0.2, 0.25) is 0 Å². The molecule has 0 radical (unpaired) electrons. The van der Waals surface area contributed by atoms with Crippen molar-refractivity contribution in [2.45, 2.75) is 46.0 Å². The topological polar surface area (TPSA) is 54.0 Å². The van der Waals surface area contributed by atoms with E-state index in [4.69, 9.17) is 11.6 Å². The standard InChI is InChI=1S/C16H26ClN3O/c1-12(2)8-6-4-5-7-9-19-16(21)13-10-15(18-3)20-11-14(13)17/h10-12H,4-9H2,1-3H3,(H,18,20)(H,19,21). The minimum atomic E-state index is -0.138. The number of nitrogens with zero attached hydrogens (tertiary/aromatic N) is 1. The van der Waals surface area contributed by atoms with E-state index in [1.54, 1.807) is 13.1 Å². The fourth-order valence-electron chi connectivity index (χ4n) is 2.08. The monoisotopic (exact) mass is 311 g/mol. The zero-order valence-corrected chi connectivity index (χ0v) is 14.0. The lowest BCUT2D eigenvalue weighted by Crippen LogP contribution is -2.25. The van der Waals surface area contributed by atoms with E-state index in [9.17, 15) is 4.79 Å². The average molecular weight is 312 g/mol. The number of hydrogen-bond acceptors (Lipinski definition) is 3. The van der Waals surface area contributed by atoms with Crippen molar-refractivity contribution in [3.05, 3.63) is 22.8 Å². The summed E-state index contributed by atoms with van der Waals surface area (Å²) in [4.78, 5) is 16.1. The van der Waals surface area contributed by atoms with Gasteiger partial charge in [-0.3, -0.25) is 4.79 Å². The third-order valence-corrected chi connectivity index (χ3v) is 3.65. The zero-order chi connectivity index (χ0) is 15.7. The first-order valence-electron chi connectivity index (χ1n) is 7.66. The van der Waals surface area contributed by atoms with Crippen molar-refractivity contribution in [3.63, 3.8) is 0 Å². The lowest BCUT2D eigenvalue weighted by molar-refractivity contribution is 0.0953. The number of carbonyl (C=O) groups is 1. The molecule has 0 atom stereocenters. The van der Waals surface area contributed by atoms with E-state index in [0.717, 1.165) is 18.8 Å². The van der Waals surface area contributed by atoms with Crippen LogP contribution in [-0.4, -0.2) is 24.5 Å². The molecule has 5 heteroatoms. The largest absolute Gasteiger partial charge is 0.373 e. The molecule has 0 aliphatic rings. The normalized spacial score (nSPS) is 10.7. The summed E-state index contributed by atoms with van der Waals surface area (Å²) in [7, 11) is 1.76. The van der Waals surface area contributed by atoms with Crippen molar-refractivity contribution in [3.8, 4) is 0 Å². The molecule has 0 bridgehead atoms. The van der Waals surface area contributed by atoms with E-state index < -0.39 is 0 Å². The molecule has 0 saturated carbocycles.